The molecular formula is C19H27N3S. The highest BCUT2D eigenvalue weighted by atomic mass is 32.2. The molecule has 0 aromatic heterocycles. The van der Waals surface area contributed by atoms with Gasteiger partial charge in [0, 0.05) is 12.6 Å². The molecule has 0 amide bonds. The Labute approximate surface area is 144 Å². The van der Waals surface area contributed by atoms with E-state index in [0.717, 1.165) is 17.4 Å². The lowest BCUT2D eigenvalue weighted by molar-refractivity contribution is 0.245. The van der Waals surface area contributed by atoms with E-state index in [-0.39, 0.29) is 0 Å². The lowest BCUT2D eigenvalue weighted by Gasteiger charge is -2.36. The van der Waals surface area contributed by atoms with E-state index < -0.39 is 0 Å². The number of thioether (sulfide) groups is 1. The van der Waals surface area contributed by atoms with Gasteiger partial charge in [0.1, 0.15) is 0 Å². The molecule has 0 atom stereocenters. The molecule has 1 aromatic carbocycles. The molecule has 0 spiro atoms. The Hall–Kier alpha value is -1.47. The number of hydrogen-bond donors (Lipinski definition) is 0. The van der Waals surface area contributed by atoms with E-state index in [1.807, 2.05) is 24.3 Å². The van der Waals surface area contributed by atoms with Crippen LogP contribution in [0.1, 0.15) is 57.4 Å². The molecule has 1 fully saturated rings. The normalized spacial score (nSPS) is 16.1. The first kappa shape index (κ1) is 17.9. The molecule has 0 unspecified atom stereocenters. The number of unbranched alkanes of at least 4 members (excludes halogenated alkanes) is 1. The molecule has 0 radical (unpaired) electrons. The average molecular weight is 330 g/mol. The molecule has 1 aromatic rings. The minimum Gasteiger partial charge on any atom is -0.348 e. The summed E-state index contributed by atoms with van der Waals surface area (Å²) in [6.45, 7) is 3.34. The van der Waals surface area contributed by atoms with E-state index in [9.17, 15) is 0 Å². The summed E-state index contributed by atoms with van der Waals surface area (Å²) < 4.78 is 0. The van der Waals surface area contributed by atoms with Crippen molar-refractivity contribution in [1.29, 1.82) is 5.26 Å². The maximum atomic E-state index is 8.91. The van der Waals surface area contributed by atoms with Crippen LogP contribution in [-0.4, -0.2) is 28.9 Å². The summed E-state index contributed by atoms with van der Waals surface area (Å²) in [5.41, 5.74) is 1.62. The van der Waals surface area contributed by atoms with Gasteiger partial charge in [0.15, 0.2) is 5.17 Å². The molecule has 3 nitrogen and oxygen atoms in total. The third kappa shape index (κ3) is 5.28. The van der Waals surface area contributed by atoms with Gasteiger partial charge in [0.05, 0.1) is 17.3 Å². The van der Waals surface area contributed by atoms with Crippen LogP contribution in [-0.2, 0) is 0 Å². The third-order valence-corrected chi connectivity index (χ3v) is 5.11. The average Bonchev–Trinajstić information content (AvgIpc) is 2.62. The second-order valence-corrected chi connectivity index (χ2v) is 6.87. The van der Waals surface area contributed by atoms with Gasteiger partial charge in [-0.25, -0.2) is 4.99 Å². The summed E-state index contributed by atoms with van der Waals surface area (Å²) in [6.07, 6.45) is 11.2. The highest BCUT2D eigenvalue weighted by Gasteiger charge is 2.23. The SMILES string of the molecule is CCCCN(C(=Nc1ccc(C#N)cc1)SC)C1CCCCC1. The van der Waals surface area contributed by atoms with Crippen LogP contribution in [0.25, 0.3) is 0 Å². The maximum Gasteiger partial charge on any atom is 0.164 e. The summed E-state index contributed by atoms with van der Waals surface area (Å²) in [5.74, 6) is 0. The minimum atomic E-state index is 0.639. The van der Waals surface area contributed by atoms with E-state index in [1.165, 1.54) is 44.9 Å². The summed E-state index contributed by atoms with van der Waals surface area (Å²) in [6, 6.07) is 10.4. The van der Waals surface area contributed by atoms with Crippen LogP contribution >= 0.6 is 11.8 Å². The number of aliphatic imine (C=N–C) groups is 1. The molecule has 1 saturated carbocycles. The molecule has 1 aliphatic rings. The maximum absolute atomic E-state index is 8.91. The van der Waals surface area contributed by atoms with E-state index in [0.29, 0.717) is 11.6 Å². The third-order valence-electron chi connectivity index (χ3n) is 4.42. The molecule has 1 aliphatic carbocycles. The lowest BCUT2D eigenvalue weighted by atomic mass is 9.94. The topological polar surface area (TPSA) is 39.4 Å². The quantitative estimate of drug-likeness (QED) is 0.540. The standard InChI is InChI=1S/C19H27N3S/c1-3-4-14-22(18-8-6-5-7-9-18)19(23-2)21-17-12-10-16(15-20)11-13-17/h10-13,18H,3-9,14H2,1-2H3. The molecule has 0 bridgehead atoms. The zero-order chi connectivity index (χ0) is 16.5. The van der Waals surface area contributed by atoms with Crippen molar-refractivity contribution in [2.45, 2.75) is 57.9 Å². The van der Waals surface area contributed by atoms with Crippen LogP contribution < -0.4 is 0 Å². The van der Waals surface area contributed by atoms with Crippen molar-refractivity contribution < 1.29 is 0 Å². The lowest BCUT2D eigenvalue weighted by Crippen LogP contribution is -2.40. The monoisotopic (exact) mass is 329 g/mol. The largest absolute Gasteiger partial charge is 0.348 e. The Morgan fingerprint density at radius 1 is 1.26 bits per heavy atom. The van der Waals surface area contributed by atoms with Crippen molar-refractivity contribution in [2.75, 3.05) is 12.8 Å². The summed E-state index contributed by atoms with van der Waals surface area (Å²) in [5, 5.41) is 10.0. The highest BCUT2D eigenvalue weighted by molar-refractivity contribution is 8.13. The van der Waals surface area contributed by atoms with Gasteiger partial charge in [0.2, 0.25) is 0 Å². The minimum absolute atomic E-state index is 0.639. The fourth-order valence-corrected chi connectivity index (χ4v) is 3.78. The smallest absolute Gasteiger partial charge is 0.164 e. The number of nitrogens with zero attached hydrogens (tertiary/aromatic N) is 3. The number of rotatable bonds is 5. The van der Waals surface area contributed by atoms with Gasteiger partial charge in [-0.05, 0) is 49.8 Å². The van der Waals surface area contributed by atoms with Crippen LogP contribution in [0.3, 0.4) is 0 Å². The molecule has 124 valence electrons. The number of amidine groups is 1. The van der Waals surface area contributed by atoms with Crippen LogP contribution in [0.5, 0.6) is 0 Å². The second-order valence-electron chi connectivity index (χ2n) is 6.10. The van der Waals surface area contributed by atoms with Crippen molar-refractivity contribution in [1.82, 2.24) is 4.90 Å². The summed E-state index contributed by atoms with van der Waals surface area (Å²) in [4.78, 5) is 7.41. The first-order valence-corrected chi connectivity index (χ1v) is 9.90. The molecular weight excluding hydrogens is 302 g/mol. The van der Waals surface area contributed by atoms with Crippen molar-refractivity contribution in [3.63, 3.8) is 0 Å². The van der Waals surface area contributed by atoms with Crippen LogP contribution in [0, 0.1) is 11.3 Å². The fourth-order valence-electron chi connectivity index (χ4n) is 3.10. The van der Waals surface area contributed by atoms with Gasteiger partial charge in [0.25, 0.3) is 0 Å². The van der Waals surface area contributed by atoms with Gasteiger partial charge in [-0.1, -0.05) is 44.4 Å². The van der Waals surface area contributed by atoms with Crippen molar-refractivity contribution in [2.24, 2.45) is 4.99 Å². The van der Waals surface area contributed by atoms with E-state index in [4.69, 9.17) is 10.3 Å². The summed E-state index contributed by atoms with van der Waals surface area (Å²) in [7, 11) is 0. The number of benzene rings is 1. The molecule has 0 aliphatic heterocycles. The molecule has 0 N–H and O–H groups in total. The Kier molecular flexibility index (Phi) is 7.48. The van der Waals surface area contributed by atoms with E-state index in [2.05, 4.69) is 24.1 Å². The van der Waals surface area contributed by atoms with Gasteiger partial charge >= 0.3 is 0 Å². The number of hydrogen-bond acceptors (Lipinski definition) is 3. The first-order chi connectivity index (χ1) is 11.3. The predicted octanol–water partition coefficient (Wildman–Crippen LogP) is 5.34. The van der Waals surface area contributed by atoms with Gasteiger partial charge in [-0.3, -0.25) is 0 Å². The first-order valence-electron chi connectivity index (χ1n) is 8.68. The molecule has 0 heterocycles. The zero-order valence-electron chi connectivity index (χ0n) is 14.3. The number of nitriles is 1. The Bertz CT molecular complexity index is 539. The zero-order valence-corrected chi connectivity index (χ0v) is 15.1. The Morgan fingerprint density at radius 3 is 2.52 bits per heavy atom. The van der Waals surface area contributed by atoms with Crippen molar-refractivity contribution in [3.8, 4) is 6.07 Å². The predicted molar refractivity (Wildman–Crippen MR) is 100 cm³/mol. The molecule has 2 rings (SSSR count). The summed E-state index contributed by atoms with van der Waals surface area (Å²) >= 11 is 1.74. The van der Waals surface area contributed by atoms with Crippen LogP contribution in [0.2, 0.25) is 0 Å². The second kappa shape index (κ2) is 9.62. The molecule has 0 saturated heterocycles. The van der Waals surface area contributed by atoms with E-state index >= 15 is 0 Å². The highest BCUT2D eigenvalue weighted by Crippen LogP contribution is 2.27. The van der Waals surface area contributed by atoms with Crippen molar-refractivity contribution >= 4 is 22.6 Å². The Morgan fingerprint density at radius 2 is 1.96 bits per heavy atom. The van der Waals surface area contributed by atoms with Gasteiger partial charge in [-0.2, -0.15) is 5.26 Å². The van der Waals surface area contributed by atoms with Crippen LogP contribution in [0.15, 0.2) is 29.3 Å². The fraction of sp³-hybridized carbons (Fsp3) is 0.579. The van der Waals surface area contributed by atoms with Gasteiger partial charge in [-0.15, -0.1) is 0 Å². The van der Waals surface area contributed by atoms with Gasteiger partial charge < -0.3 is 4.90 Å². The molecule has 4 heteroatoms. The van der Waals surface area contributed by atoms with Crippen LogP contribution in [0.4, 0.5) is 5.69 Å². The Balaban J connectivity index is 2.20. The van der Waals surface area contributed by atoms with Crippen molar-refractivity contribution in [3.05, 3.63) is 29.8 Å². The van der Waals surface area contributed by atoms with E-state index in [1.54, 1.807) is 11.8 Å². The molecule has 23 heavy (non-hydrogen) atoms.